The summed E-state index contributed by atoms with van der Waals surface area (Å²) < 4.78 is 0. The predicted octanol–water partition coefficient (Wildman–Crippen LogP) is 5.12. The minimum atomic E-state index is 0.603. The molecule has 0 unspecified atom stereocenters. The van der Waals surface area contributed by atoms with Gasteiger partial charge in [-0.15, -0.1) is 0 Å². The average Bonchev–Trinajstić information content (AvgIpc) is 2.84. The number of thioether (sulfide) groups is 1. The van der Waals surface area contributed by atoms with Crippen LogP contribution in [0.3, 0.4) is 0 Å². The zero-order chi connectivity index (χ0) is 18.4. The van der Waals surface area contributed by atoms with Crippen LogP contribution in [0.4, 0.5) is 11.4 Å². The monoisotopic (exact) mass is 419 g/mol. The van der Waals surface area contributed by atoms with Gasteiger partial charge in [0.2, 0.25) is 0 Å². The fraction of sp³-hybridized carbons (Fsp3) is 0.429. The Morgan fingerprint density at radius 3 is 3.00 bits per heavy atom. The van der Waals surface area contributed by atoms with E-state index in [9.17, 15) is 0 Å². The summed E-state index contributed by atoms with van der Waals surface area (Å²) in [7, 11) is 0. The zero-order valence-corrected chi connectivity index (χ0v) is 17.4. The van der Waals surface area contributed by atoms with Crippen molar-refractivity contribution in [3.8, 4) is 0 Å². The van der Waals surface area contributed by atoms with Crippen LogP contribution in [0.1, 0.15) is 29.0 Å². The number of nitrogens with one attached hydrogen (secondary N) is 2. The first-order chi connectivity index (χ1) is 13.2. The Balaban J connectivity index is 1.45. The molecule has 0 radical (unpaired) electrons. The number of halogens is 2. The number of piperidine rings is 1. The van der Waals surface area contributed by atoms with Crippen LogP contribution in [-0.4, -0.2) is 31.4 Å². The molecule has 0 aromatic heterocycles. The number of nitrogens with zero attached hydrogens (tertiary/aromatic N) is 1. The van der Waals surface area contributed by atoms with Gasteiger partial charge in [0.25, 0.3) is 0 Å². The van der Waals surface area contributed by atoms with Crippen LogP contribution >= 0.6 is 35.0 Å². The molecule has 142 valence electrons. The van der Waals surface area contributed by atoms with Crippen molar-refractivity contribution in [1.82, 2.24) is 5.32 Å². The minimum absolute atomic E-state index is 0.603. The summed E-state index contributed by atoms with van der Waals surface area (Å²) in [4.78, 5) is 2.71. The van der Waals surface area contributed by atoms with Crippen molar-refractivity contribution >= 4 is 46.3 Å². The van der Waals surface area contributed by atoms with E-state index in [2.05, 4.69) is 39.4 Å². The van der Waals surface area contributed by atoms with Gasteiger partial charge in [0.05, 0.1) is 10.0 Å². The van der Waals surface area contributed by atoms with Gasteiger partial charge in [0.15, 0.2) is 0 Å². The molecule has 3 heterocycles. The first kappa shape index (κ1) is 18.0. The van der Waals surface area contributed by atoms with E-state index in [1.165, 1.54) is 41.2 Å². The van der Waals surface area contributed by atoms with Crippen LogP contribution in [0.25, 0.3) is 0 Å². The van der Waals surface area contributed by atoms with E-state index in [0.717, 1.165) is 31.0 Å². The lowest BCUT2D eigenvalue weighted by molar-refractivity contribution is 0.406. The van der Waals surface area contributed by atoms with Gasteiger partial charge in [-0.2, -0.15) is 11.8 Å². The van der Waals surface area contributed by atoms with Gasteiger partial charge >= 0.3 is 0 Å². The third-order valence-corrected chi connectivity index (χ3v) is 7.69. The first-order valence-electron chi connectivity index (χ1n) is 9.60. The van der Waals surface area contributed by atoms with E-state index in [1.807, 2.05) is 18.2 Å². The van der Waals surface area contributed by atoms with E-state index in [1.54, 1.807) is 0 Å². The Morgan fingerprint density at radius 2 is 2.11 bits per heavy atom. The largest absolute Gasteiger partial charge is 0.381 e. The Kier molecular flexibility index (Phi) is 4.93. The fourth-order valence-electron chi connectivity index (χ4n) is 4.74. The maximum atomic E-state index is 6.16. The van der Waals surface area contributed by atoms with Crippen LogP contribution in [-0.2, 0) is 12.3 Å². The van der Waals surface area contributed by atoms with Crippen molar-refractivity contribution < 1.29 is 0 Å². The molecular weight excluding hydrogens is 397 g/mol. The van der Waals surface area contributed by atoms with Gasteiger partial charge in [0, 0.05) is 54.5 Å². The van der Waals surface area contributed by atoms with E-state index >= 15 is 0 Å². The molecule has 0 bridgehead atoms. The summed E-state index contributed by atoms with van der Waals surface area (Å²) in [6.07, 6.45) is 1.25. The SMILES string of the molecule is Clc1ccc(CNc2cc3c4c(c2)[C@@H]2CNCC[C@@H]2N4CCSC3)cc1Cl. The quantitative estimate of drug-likeness (QED) is 0.721. The number of hydrogen-bond donors (Lipinski definition) is 2. The lowest BCUT2D eigenvalue weighted by Crippen LogP contribution is -2.44. The smallest absolute Gasteiger partial charge is 0.0595 e. The van der Waals surface area contributed by atoms with E-state index < -0.39 is 0 Å². The maximum absolute atomic E-state index is 6.16. The van der Waals surface area contributed by atoms with E-state index in [-0.39, 0.29) is 0 Å². The van der Waals surface area contributed by atoms with Gasteiger partial charge in [-0.05, 0) is 53.9 Å². The highest BCUT2D eigenvalue weighted by Gasteiger charge is 2.41. The normalized spacial score (nSPS) is 23.6. The fourth-order valence-corrected chi connectivity index (χ4v) is 5.97. The Labute approximate surface area is 174 Å². The second kappa shape index (κ2) is 7.40. The molecule has 2 N–H and O–H groups in total. The Hall–Kier alpha value is -1.07. The summed E-state index contributed by atoms with van der Waals surface area (Å²) in [5.41, 5.74) is 6.90. The maximum Gasteiger partial charge on any atom is 0.0595 e. The molecule has 0 amide bonds. The first-order valence-corrected chi connectivity index (χ1v) is 11.5. The molecular formula is C21H23Cl2N3S. The van der Waals surface area contributed by atoms with Crippen molar-refractivity contribution in [2.75, 3.05) is 35.6 Å². The van der Waals surface area contributed by atoms with Crippen molar-refractivity contribution in [2.45, 2.75) is 30.7 Å². The van der Waals surface area contributed by atoms with E-state index in [4.69, 9.17) is 23.2 Å². The lowest BCUT2D eigenvalue weighted by atomic mass is 9.89. The molecule has 1 fully saturated rings. The molecule has 3 aliphatic rings. The number of rotatable bonds is 3. The molecule has 0 saturated carbocycles. The molecule has 3 aliphatic heterocycles. The van der Waals surface area contributed by atoms with Crippen LogP contribution in [0.2, 0.25) is 10.0 Å². The summed E-state index contributed by atoms with van der Waals surface area (Å²) in [5.74, 6) is 2.94. The molecule has 2 aromatic rings. The highest BCUT2D eigenvalue weighted by molar-refractivity contribution is 7.98. The summed E-state index contributed by atoms with van der Waals surface area (Å²) in [5, 5.41) is 8.44. The molecule has 3 nitrogen and oxygen atoms in total. The van der Waals surface area contributed by atoms with Gasteiger partial charge in [-0.1, -0.05) is 29.3 Å². The standard InChI is InChI=1S/C21H23Cl2N3S/c22-18-2-1-13(7-19(18)23)10-25-15-8-14-12-27-6-5-26-20-3-4-24-11-17(20)16(9-15)21(14)26/h1-2,7-9,17,20,24-25H,3-6,10-12H2/t17-,20-/m0/s1. The zero-order valence-electron chi connectivity index (χ0n) is 15.1. The Bertz CT molecular complexity index is 873. The molecule has 2 atom stereocenters. The van der Waals surface area contributed by atoms with Crippen LogP contribution in [0.5, 0.6) is 0 Å². The predicted molar refractivity (Wildman–Crippen MR) is 118 cm³/mol. The molecule has 27 heavy (non-hydrogen) atoms. The van der Waals surface area contributed by atoms with Crippen LogP contribution < -0.4 is 15.5 Å². The van der Waals surface area contributed by atoms with Gasteiger partial charge in [0.1, 0.15) is 0 Å². The topological polar surface area (TPSA) is 27.3 Å². The second-order valence-corrected chi connectivity index (χ2v) is 9.51. The van der Waals surface area contributed by atoms with Crippen LogP contribution in [0, 0.1) is 0 Å². The third-order valence-electron chi connectivity index (χ3n) is 5.97. The summed E-state index contributed by atoms with van der Waals surface area (Å²) >= 11 is 14.3. The summed E-state index contributed by atoms with van der Waals surface area (Å²) in [6.45, 7) is 4.16. The minimum Gasteiger partial charge on any atom is -0.381 e. The van der Waals surface area contributed by atoms with Crippen LogP contribution in [0.15, 0.2) is 30.3 Å². The molecule has 0 spiro atoms. The highest BCUT2D eigenvalue weighted by Crippen LogP contribution is 2.48. The number of hydrogen-bond acceptors (Lipinski definition) is 4. The summed E-state index contributed by atoms with van der Waals surface area (Å²) in [6, 6.07) is 11.2. The lowest BCUT2D eigenvalue weighted by Gasteiger charge is -2.33. The molecule has 5 rings (SSSR count). The van der Waals surface area contributed by atoms with Crippen molar-refractivity contribution in [3.05, 3.63) is 57.1 Å². The molecule has 1 saturated heterocycles. The van der Waals surface area contributed by atoms with E-state index in [0.29, 0.717) is 22.0 Å². The van der Waals surface area contributed by atoms with Crippen molar-refractivity contribution in [1.29, 1.82) is 0 Å². The van der Waals surface area contributed by atoms with Crippen molar-refractivity contribution in [3.63, 3.8) is 0 Å². The molecule has 2 aromatic carbocycles. The van der Waals surface area contributed by atoms with Gasteiger partial charge < -0.3 is 15.5 Å². The number of anilines is 2. The van der Waals surface area contributed by atoms with Gasteiger partial charge in [-0.25, -0.2) is 0 Å². The second-order valence-electron chi connectivity index (χ2n) is 7.59. The molecule has 0 aliphatic carbocycles. The highest BCUT2D eigenvalue weighted by atomic mass is 35.5. The number of benzene rings is 2. The third kappa shape index (κ3) is 3.31. The number of fused-ring (bicyclic) bond motifs is 3. The molecule has 6 heteroatoms. The van der Waals surface area contributed by atoms with Gasteiger partial charge in [-0.3, -0.25) is 0 Å². The van der Waals surface area contributed by atoms with Crippen molar-refractivity contribution in [2.24, 2.45) is 0 Å². The average molecular weight is 420 g/mol. The Morgan fingerprint density at radius 1 is 1.19 bits per heavy atom.